The first-order valence-electron chi connectivity index (χ1n) is 10.0. The fourth-order valence-corrected chi connectivity index (χ4v) is 2.91. The number of furan rings is 1. The third-order valence-electron chi connectivity index (χ3n) is 4.32. The SMILES string of the molecule is CCNC(=NCCCOCC1CCCO1)NCCc1nc(-c2ccco2)n[nH]1. The van der Waals surface area contributed by atoms with Gasteiger partial charge in [0.15, 0.2) is 11.7 Å². The van der Waals surface area contributed by atoms with E-state index >= 15 is 0 Å². The van der Waals surface area contributed by atoms with Gasteiger partial charge in [0.2, 0.25) is 5.82 Å². The van der Waals surface area contributed by atoms with E-state index in [-0.39, 0.29) is 6.10 Å². The zero-order valence-electron chi connectivity index (χ0n) is 16.4. The summed E-state index contributed by atoms with van der Waals surface area (Å²) in [6, 6.07) is 3.66. The number of H-pyrrole nitrogens is 1. The smallest absolute Gasteiger partial charge is 0.216 e. The molecule has 0 amide bonds. The molecule has 154 valence electrons. The molecule has 28 heavy (non-hydrogen) atoms. The Morgan fingerprint density at radius 1 is 1.43 bits per heavy atom. The topological polar surface area (TPSA) is 110 Å². The molecular weight excluding hydrogens is 360 g/mol. The van der Waals surface area contributed by atoms with Crippen molar-refractivity contribution in [3.8, 4) is 11.6 Å². The van der Waals surface area contributed by atoms with Gasteiger partial charge in [-0.2, -0.15) is 5.10 Å². The minimum atomic E-state index is 0.284. The van der Waals surface area contributed by atoms with Gasteiger partial charge in [-0.3, -0.25) is 10.1 Å². The molecule has 1 atom stereocenters. The largest absolute Gasteiger partial charge is 0.461 e. The van der Waals surface area contributed by atoms with E-state index in [2.05, 4.69) is 30.8 Å². The first-order valence-corrected chi connectivity index (χ1v) is 10.0. The Hall–Kier alpha value is -2.39. The van der Waals surface area contributed by atoms with Gasteiger partial charge in [-0.15, -0.1) is 0 Å². The quantitative estimate of drug-likeness (QED) is 0.305. The van der Waals surface area contributed by atoms with Crippen molar-refractivity contribution in [1.82, 2.24) is 25.8 Å². The van der Waals surface area contributed by atoms with Crippen LogP contribution in [0.2, 0.25) is 0 Å². The highest BCUT2D eigenvalue weighted by Gasteiger charge is 2.14. The molecule has 0 radical (unpaired) electrons. The van der Waals surface area contributed by atoms with Gasteiger partial charge in [0, 0.05) is 39.3 Å². The predicted molar refractivity (Wildman–Crippen MR) is 106 cm³/mol. The highest BCUT2D eigenvalue weighted by molar-refractivity contribution is 5.79. The van der Waals surface area contributed by atoms with E-state index in [4.69, 9.17) is 13.9 Å². The number of hydrogen-bond donors (Lipinski definition) is 3. The maximum Gasteiger partial charge on any atom is 0.216 e. The molecule has 0 aliphatic carbocycles. The summed E-state index contributed by atoms with van der Waals surface area (Å²) in [5.74, 6) is 2.83. The Labute approximate surface area is 165 Å². The van der Waals surface area contributed by atoms with Gasteiger partial charge in [0.25, 0.3) is 0 Å². The standard InChI is InChI=1S/C19H30N6O3/c1-2-20-19(21-9-5-11-26-14-15-6-3-12-27-15)22-10-8-17-23-18(25-24-17)16-7-4-13-28-16/h4,7,13,15H,2-3,5-6,8-12,14H2,1H3,(H2,20,21,22)(H,23,24,25). The fraction of sp³-hybridized carbons (Fsp3) is 0.632. The highest BCUT2D eigenvalue weighted by atomic mass is 16.5. The summed E-state index contributed by atoms with van der Waals surface area (Å²) in [5.41, 5.74) is 0. The second kappa shape index (κ2) is 11.5. The number of rotatable bonds is 11. The maximum atomic E-state index is 5.67. The van der Waals surface area contributed by atoms with Crippen molar-refractivity contribution in [2.24, 2.45) is 4.99 Å². The third-order valence-corrected chi connectivity index (χ3v) is 4.32. The van der Waals surface area contributed by atoms with E-state index < -0.39 is 0 Å². The summed E-state index contributed by atoms with van der Waals surface area (Å²) >= 11 is 0. The number of nitrogens with zero attached hydrogens (tertiary/aromatic N) is 3. The molecule has 0 saturated carbocycles. The van der Waals surface area contributed by atoms with Crippen LogP contribution in [0.3, 0.4) is 0 Å². The van der Waals surface area contributed by atoms with Gasteiger partial charge in [-0.1, -0.05) is 0 Å². The number of hydrogen-bond acceptors (Lipinski definition) is 6. The second-order valence-corrected chi connectivity index (χ2v) is 6.58. The van der Waals surface area contributed by atoms with Crippen molar-refractivity contribution in [3.05, 3.63) is 24.2 Å². The van der Waals surface area contributed by atoms with E-state index in [1.54, 1.807) is 6.26 Å². The molecule has 2 aromatic rings. The minimum absolute atomic E-state index is 0.284. The van der Waals surface area contributed by atoms with Crippen LogP contribution in [0.25, 0.3) is 11.6 Å². The van der Waals surface area contributed by atoms with Gasteiger partial charge >= 0.3 is 0 Å². The summed E-state index contributed by atoms with van der Waals surface area (Å²) < 4.78 is 16.5. The lowest BCUT2D eigenvalue weighted by Crippen LogP contribution is -2.38. The lowest BCUT2D eigenvalue weighted by molar-refractivity contribution is 0.0171. The van der Waals surface area contributed by atoms with Crippen molar-refractivity contribution in [1.29, 1.82) is 0 Å². The van der Waals surface area contributed by atoms with Gasteiger partial charge in [0.1, 0.15) is 5.82 Å². The number of aromatic amines is 1. The molecule has 1 aliphatic heterocycles. The molecule has 9 nitrogen and oxygen atoms in total. The lowest BCUT2D eigenvalue weighted by Gasteiger charge is -2.11. The van der Waals surface area contributed by atoms with Crippen molar-refractivity contribution in [2.45, 2.75) is 38.7 Å². The first-order chi connectivity index (χ1) is 13.8. The van der Waals surface area contributed by atoms with Crippen molar-refractivity contribution < 1.29 is 13.9 Å². The highest BCUT2D eigenvalue weighted by Crippen LogP contribution is 2.14. The molecule has 1 aliphatic rings. The van der Waals surface area contributed by atoms with Gasteiger partial charge in [-0.05, 0) is 38.3 Å². The molecule has 2 aromatic heterocycles. The van der Waals surface area contributed by atoms with Crippen LogP contribution >= 0.6 is 0 Å². The zero-order valence-corrected chi connectivity index (χ0v) is 16.4. The van der Waals surface area contributed by atoms with Gasteiger partial charge in [-0.25, -0.2) is 4.98 Å². The number of aliphatic imine (C=N–C) groups is 1. The summed E-state index contributed by atoms with van der Waals surface area (Å²) in [5, 5.41) is 13.7. The fourth-order valence-electron chi connectivity index (χ4n) is 2.91. The van der Waals surface area contributed by atoms with E-state index in [1.165, 1.54) is 0 Å². The van der Waals surface area contributed by atoms with Crippen LogP contribution in [0.4, 0.5) is 0 Å². The summed E-state index contributed by atoms with van der Waals surface area (Å²) in [7, 11) is 0. The molecule has 9 heteroatoms. The van der Waals surface area contributed by atoms with Crippen LogP contribution in [-0.2, 0) is 15.9 Å². The monoisotopic (exact) mass is 390 g/mol. The first kappa shape index (κ1) is 20.3. The number of ether oxygens (including phenoxy) is 2. The van der Waals surface area contributed by atoms with Crippen molar-refractivity contribution in [2.75, 3.05) is 39.5 Å². The second-order valence-electron chi connectivity index (χ2n) is 6.58. The zero-order chi connectivity index (χ0) is 19.4. The van der Waals surface area contributed by atoms with Crippen LogP contribution in [-0.4, -0.2) is 66.7 Å². The van der Waals surface area contributed by atoms with Gasteiger partial charge in [0.05, 0.1) is 19.0 Å². The van der Waals surface area contributed by atoms with E-state index in [9.17, 15) is 0 Å². The average Bonchev–Trinajstić information content (AvgIpc) is 3.47. The molecule has 0 aromatic carbocycles. The summed E-state index contributed by atoms with van der Waals surface area (Å²) in [6.07, 6.45) is 5.75. The predicted octanol–water partition coefficient (Wildman–Crippen LogP) is 1.75. The average molecular weight is 390 g/mol. The van der Waals surface area contributed by atoms with Crippen LogP contribution in [0, 0.1) is 0 Å². The van der Waals surface area contributed by atoms with E-state index in [1.807, 2.05) is 19.1 Å². The Morgan fingerprint density at radius 2 is 2.39 bits per heavy atom. The Balaban J connectivity index is 1.32. The molecule has 3 heterocycles. The van der Waals surface area contributed by atoms with Crippen LogP contribution in [0.15, 0.2) is 27.8 Å². The molecular formula is C19H30N6O3. The Kier molecular flexibility index (Phi) is 8.32. The summed E-state index contributed by atoms with van der Waals surface area (Å²) in [6.45, 7) is 6.55. The molecule has 3 N–H and O–H groups in total. The van der Waals surface area contributed by atoms with Crippen molar-refractivity contribution >= 4 is 5.96 Å². The number of nitrogens with one attached hydrogen (secondary N) is 3. The van der Waals surface area contributed by atoms with Gasteiger partial charge < -0.3 is 24.5 Å². The molecule has 1 saturated heterocycles. The molecule has 1 fully saturated rings. The van der Waals surface area contributed by atoms with E-state index in [0.29, 0.717) is 44.3 Å². The normalized spacial score (nSPS) is 17.2. The molecule has 1 unspecified atom stereocenters. The molecule has 3 rings (SSSR count). The lowest BCUT2D eigenvalue weighted by atomic mass is 10.2. The molecule has 0 bridgehead atoms. The Morgan fingerprint density at radius 3 is 3.18 bits per heavy atom. The van der Waals surface area contributed by atoms with Crippen LogP contribution in [0.5, 0.6) is 0 Å². The molecule has 0 spiro atoms. The van der Waals surface area contributed by atoms with Crippen molar-refractivity contribution in [3.63, 3.8) is 0 Å². The van der Waals surface area contributed by atoms with E-state index in [0.717, 1.165) is 44.2 Å². The number of guanidine groups is 1. The summed E-state index contributed by atoms with van der Waals surface area (Å²) in [4.78, 5) is 9.02. The third kappa shape index (κ3) is 6.65. The van der Waals surface area contributed by atoms with Crippen LogP contribution < -0.4 is 10.6 Å². The van der Waals surface area contributed by atoms with Crippen LogP contribution in [0.1, 0.15) is 32.0 Å². The maximum absolute atomic E-state index is 5.67. The minimum Gasteiger partial charge on any atom is -0.461 e. The number of aromatic nitrogens is 3. The Bertz CT molecular complexity index is 694.